The Hall–Kier alpha value is -4.26. The van der Waals surface area contributed by atoms with Gasteiger partial charge < -0.3 is 24.3 Å². The van der Waals surface area contributed by atoms with E-state index >= 15 is 0 Å². The Labute approximate surface area is 198 Å². The van der Waals surface area contributed by atoms with E-state index in [-0.39, 0.29) is 19.3 Å². The van der Waals surface area contributed by atoms with E-state index in [4.69, 9.17) is 19.4 Å². The molecule has 0 fully saturated rings. The molecule has 1 atom stereocenters. The van der Waals surface area contributed by atoms with Gasteiger partial charge in [-0.15, -0.1) is 0 Å². The maximum Gasteiger partial charge on any atom is 0.309 e. The van der Waals surface area contributed by atoms with Crippen LogP contribution in [0.2, 0.25) is 0 Å². The van der Waals surface area contributed by atoms with Gasteiger partial charge in [0.25, 0.3) is 0 Å². The summed E-state index contributed by atoms with van der Waals surface area (Å²) in [4.78, 5) is 18.6. The number of carboxylic acid groups (broad SMARTS) is 1. The zero-order valence-corrected chi connectivity index (χ0v) is 18.8. The molecular formula is C27H26N2O5. The molecule has 3 aromatic carbocycles. The van der Waals surface area contributed by atoms with Gasteiger partial charge in [-0.2, -0.15) is 0 Å². The van der Waals surface area contributed by atoms with E-state index < -0.39 is 5.97 Å². The van der Waals surface area contributed by atoms with Gasteiger partial charge in [-0.1, -0.05) is 78.0 Å². The van der Waals surface area contributed by atoms with E-state index in [1.54, 1.807) is 0 Å². The van der Waals surface area contributed by atoms with Crippen LogP contribution < -0.4 is 4.74 Å². The second-order valence-corrected chi connectivity index (χ2v) is 7.80. The molecule has 0 spiro atoms. The van der Waals surface area contributed by atoms with Gasteiger partial charge in [0.2, 0.25) is 6.23 Å². The lowest BCUT2D eigenvalue weighted by Gasteiger charge is -2.24. The fraction of sp³-hybridized carbons (Fsp3) is 0.185. The number of hydrogen-bond acceptors (Lipinski definition) is 6. The molecule has 0 saturated heterocycles. The van der Waals surface area contributed by atoms with Crippen molar-refractivity contribution in [2.24, 2.45) is 5.16 Å². The van der Waals surface area contributed by atoms with Crippen molar-refractivity contribution in [3.8, 4) is 5.75 Å². The van der Waals surface area contributed by atoms with Crippen LogP contribution in [0, 0.1) is 0 Å². The number of rotatable bonds is 10. The summed E-state index contributed by atoms with van der Waals surface area (Å²) in [5.74, 6) is 0.590. The van der Waals surface area contributed by atoms with Crippen molar-refractivity contribution in [3.63, 3.8) is 0 Å². The zero-order chi connectivity index (χ0) is 23.8. The molecule has 0 aromatic heterocycles. The van der Waals surface area contributed by atoms with E-state index in [2.05, 4.69) is 5.16 Å². The molecule has 0 bridgehead atoms. The van der Waals surface area contributed by atoms with Crippen molar-refractivity contribution in [2.75, 3.05) is 6.73 Å². The number of aliphatic carboxylic acids is 1. The quantitative estimate of drug-likeness (QED) is 0.328. The number of ether oxygens (including phenoxy) is 2. The minimum Gasteiger partial charge on any atom is -0.481 e. The Morgan fingerprint density at radius 2 is 1.68 bits per heavy atom. The number of allylic oxidation sites excluding steroid dienone is 1. The van der Waals surface area contributed by atoms with Crippen molar-refractivity contribution >= 4 is 11.7 Å². The lowest BCUT2D eigenvalue weighted by atomic mass is 10.1. The van der Waals surface area contributed by atoms with Crippen LogP contribution in [0.1, 0.15) is 36.3 Å². The standard InChI is InChI=1S/C27H26N2O5/c1-20-17-29(27(34-20)23-10-6-3-7-11-23)19-32-24-14-12-21(13-15-24)18-33-28-25(16-26(30)31)22-8-4-2-5-9-22/h2-15,17,27H,16,18-19H2,1H3,(H,30,31). The van der Waals surface area contributed by atoms with E-state index in [9.17, 15) is 4.79 Å². The number of oxime groups is 1. The highest BCUT2D eigenvalue weighted by Gasteiger charge is 2.25. The summed E-state index contributed by atoms with van der Waals surface area (Å²) in [5.41, 5.74) is 3.04. The molecule has 7 heteroatoms. The Morgan fingerprint density at radius 3 is 2.35 bits per heavy atom. The molecule has 7 nitrogen and oxygen atoms in total. The molecule has 1 heterocycles. The topological polar surface area (TPSA) is 80.6 Å². The first-order chi connectivity index (χ1) is 16.6. The minimum absolute atomic E-state index is 0.212. The normalized spacial score (nSPS) is 15.4. The molecule has 1 N–H and O–H groups in total. The van der Waals surface area contributed by atoms with Gasteiger partial charge in [0, 0.05) is 11.8 Å². The Morgan fingerprint density at radius 1 is 1.00 bits per heavy atom. The lowest BCUT2D eigenvalue weighted by Crippen LogP contribution is -2.25. The molecule has 174 valence electrons. The fourth-order valence-electron chi connectivity index (χ4n) is 3.53. The van der Waals surface area contributed by atoms with Crippen LogP contribution in [0.25, 0.3) is 0 Å². The number of carbonyl (C=O) groups is 1. The van der Waals surface area contributed by atoms with Crippen molar-refractivity contribution in [1.82, 2.24) is 4.90 Å². The van der Waals surface area contributed by atoms with Crippen LogP contribution in [0.15, 0.2) is 102 Å². The minimum atomic E-state index is -0.962. The third kappa shape index (κ3) is 6.16. The molecule has 1 unspecified atom stereocenters. The average Bonchev–Trinajstić information content (AvgIpc) is 3.24. The lowest BCUT2D eigenvalue weighted by molar-refractivity contribution is -0.135. The number of carboxylic acids is 1. The van der Waals surface area contributed by atoms with E-state index in [1.807, 2.05) is 103 Å². The third-order valence-electron chi connectivity index (χ3n) is 5.17. The molecule has 0 amide bonds. The highest BCUT2D eigenvalue weighted by molar-refractivity contribution is 6.08. The number of benzene rings is 3. The highest BCUT2D eigenvalue weighted by Crippen LogP contribution is 2.31. The van der Waals surface area contributed by atoms with Crippen LogP contribution >= 0.6 is 0 Å². The molecule has 1 aliphatic rings. The molecule has 0 saturated carbocycles. The largest absolute Gasteiger partial charge is 0.481 e. The second-order valence-electron chi connectivity index (χ2n) is 7.80. The van der Waals surface area contributed by atoms with Crippen LogP contribution in [0.4, 0.5) is 0 Å². The predicted octanol–water partition coefficient (Wildman–Crippen LogP) is 5.31. The first-order valence-corrected chi connectivity index (χ1v) is 10.9. The molecule has 4 rings (SSSR count). The molecule has 3 aromatic rings. The number of nitrogens with zero attached hydrogens (tertiary/aromatic N) is 2. The first-order valence-electron chi connectivity index (χ1n) is 10.9. The zero-order valence-electron chi connectivity index (χ0n) is 18.8. The van der Waals surface area contributed by atoms with E-state index in [0.717, 1.165) is 22.4 Å². The van der Waals surface area contributed by atoms with Crippen LogP contribution in [0.5, 0.6) is 5.75 Å². The second kappa shape index (κ2) is 11.0. The van der Waals surface area contributed by atoms with Crippen LogP contribution in [-0.2, 0) is 21.0 Å². The Kier molecular flexibility index (Phi) is 7.45. The maximum atomic E-state index is 11.2. The summed E-state index contributed by atoms with van der Waals surface area (Å²) in [5, 5.41) is 13.2. The average molecular weight is 459 g/mol. The molecule has 1 aliphatic heterocycles. The fourth-order valence-corrected chi connectivity index (χ4v) is 3.53. The smallest absolute Gasteiger partial charge is 0.309 e. The maximum absolute atomic E-state index is 11.2. The van der Waals surface area contributed by atoms with Crippen LogP contribution in [0.3, 0.4) is 0 Å². The molecular weight excluding hydrogens is 432 g/mol. The van der Waals surface area contributed by atoms with Gasteiger partial charge in [0.15, 0.2) is 6.73 Å². The molecule has 34 heavy (non-hydrogen) atoms. The van der Waals surface area contributed by atoms with Gasteiger partial charge in [-0.05, 0) is 30.2 Å². The summed E-state index contributed by atoms with van der Waals surface area (Å²) in [7, 11) is 0. The van der Waals surface area contributed by atoms with Crippen LogP contribution in [-0.4, -0.2) is 28.4 Å². The Bertz CT molecular complexity index is 1140. The van der Waals surface area contributed by atoms with Gasteiger partial charge in [0.05, 0.1) is 12.1 Å². The summed E-state index contributed by atoms with van der Waals surface area (Å²) in [6.07, 6.45) is 1.52. The first kappa shape index (κ1) is 22.9. The van der Waals surface area contributed by atoms with Crippen molar-refractivity contribution in [1.29, 1.82) is 0 Å². The molecule has 0 radical (unpaired) electrons. The van der Waals surface area contributed by atoms with Gasteiger partial charge in [-0.25, -0.2) is 0 Å². The summed E-state index contributed by atoms with van der Waals surface area (Å²) >= 11 is 0. The summed E-state index contributed by atoms with van der Waals surface area (Å²) in [6.45, 7) is 2.48. The molecule has 0 aliphatic carbocycles. The summed E-state index contributed by atoms with van der Waals surface area (Å²) < 4.78 is 11.9. The predicted molar refractivity (Wildman–Crippen MR) is 128 cm³/mol. The van der Waals surface area contributed by atoms with Gasteiger partial charge in [-0.3, -0.25) is 4.79 Å². The van der Waals surface area contributed by atoms with Gasteiger partial charge in [0.1, 0.15) is 18.1 Å². The SMILES string of the molecule is CC1=CN(COc2ccc(CON=C(CC(=O)O)c3ccccc3)cc2)C(c2ccccc2)O1. The number of hydrogen-bond donors (Lipinski definition) is 1. The monoisotopic (exact) mass is 458 g/mol. The Balaban J connectivity index is 1.32. The highest BCUT2D eigenvalue weighted by atomic mass is 16.6. The van der Waals surface area contributed by atoms with Crippen molar-refractivity contribution in [2.45, 2.75) is 26.2 Å². The van der Waals surface area contributed by atoms with Gasteiger partial charge >= 0.3 is 5.97 Å². The van der Waals surface area contributed by atoms with Crippen molar-refractivity contribution < 1.29 is 24.2 Å². The third-order valence-corrected chi connectivity index (χ3v) is 5.17. The van der Waals surface area contributed by atoms with E-state index in [1.165, 1.54) is 0 Å². The summed E-state index contributed by atoms with van der Waals surface area (Å²) in [6, 6.07) is 26.7. The van der Waals surface area contributed by atoms with E-state index in [0.29, 0.717) is 18.2 Å². The van der Waals surface area contributed by atoms with Crippen molar-refractivity contribution in [3.05, 3.63) is 114 Å².